The third kappa shape index (κ3) is 1.08. The lowest BCUT2D eigenvalue weighted by Crippen LogP contribution is -2.60. The van der Waals surface area contributed by atoms with Crippen molar-refractivity contribution in [3.63, 3.8) is 0 Å². The summed E-state index contributed by atoms with van der Waals surface area (Å²) >= 11 is 0. The predicted octanol–water partition coefficient (Wildman–Crippen LogP) is 0.0377. The van der Waals surface area contributed by atoms with Gasteiger partial charge in [0.25, 0.3) is 22.8 Å². The highest BCUT2D eigenvalue weighted by atomic mass is 15.6. The highest BCUT2D eigenvalue weighted by Gasteiger charge is 2.77. The number of hydrogen-bond acceptors (Lipinski definition) is 0. The molecule has 4 nitrogen and oxygen atoms in total. The maximum atomic E-state index is 2.35. The van der Waals surface area contributed by atoms with Gasteiger partial charge in [0.1, 0.15) is 0 Å². The van der Waals surface area contributed by atoms with E-state index in [1.165, 1.54) is 22.8 Å². The van der Waals surface area contributed by atoms with Crippen LogP contribution in [0.25, 0.3) is 0 Å². The molecule has 1 spiro atoms. The fraction of sp³-hybridized carbons (Fsp3) is 0.692. The fourth-order valence-corrected chi connectivity index (χ4v) is 3.22. The zero-order valence-corrected chi connectivity index (χ0v) is 12.3. The smallest absolute Gasteiger partial charge is 0.0372 e. The van der Waals surface area contributed by atoms with Gasteiger partial charge >= 0.3 is 5.91 Å². The van der Waals surface area contributed by atoms with Gasteiger partial charge in [-0.2, -0.15) is 0 Å². The lowest BCUT2D eigenvalue weighted by atomic mass is 10.3. The van der Waals surface area contributed by atoms with Crippen LogP contribution in [-0.2, 0) is 0 Å². The van der Waals surface area contributed by atoms with E-state index in [9.17, 15) is 0 Å². The van der Waals surface area contributed by atoms with E-state index in [1.54, 1.807) is 0 Å². The van der Waals surface area contributed by atoms with Crippen molar-refractivity contribution in [3.8, 4) is 0 Å². The van der Waals surface area contributed by atoms with Gasteiger partial charge in [-0.05, 0) is 18.3 Å². The summed E-state index contributed by atoms with van der Waals surface area (Å²) < 4.78 is 9.40. The van der Waals surface area contributed by atoms with Crippen LogP contribution in [0.4, 0.5) is 0 Å². The normalized spacial score (nSPS) is 24.0. The van der Waals surface area contributed by atoms with E-state index in [0.717, 1.165) is 0 Å². The number of hydrogen-bond donors (Lipinski definition) is 0. The Hall–Kier alpha value is -1.32. The summed E-state index contributed by atoms with van der Waals surface area (Å²) in [7, 11) is 8.67. The molecule has 2 aliphatic heterocycles. The summed E-state index contributed by atoms with van der Waals surface area (Å²) in [4.78, 5) is 0. The minimum atomic E-state index is -0.206. The highest BCUT2D eigenvalue weighted by molar-refractivity contribution is 6.38. The van der Waals surface area contributed by atoms with E-state index in [4.69, 9.17) is 0 Å². The Balaban J connectivity index is 2.86. The SMILES string of the molecule is CC1=[N+](C)C2([N+](C)=C1C)[N+](C)=C(C)C(C)=[N+]2C. The van der Waals surface area contributed by atoms with Gasteiger partial charge in [-0.1, -0.05) is 0 Å². The molecule has 92 valence electrons. The average molecular weight is 236 g/mol. The summed E-state index contributed by atoms with van der Waals surface area (Å²) in [6, 6.07) is 0. The molecule has 0 unspecified atom stereocenters. The van der Waals surface area contributed by atoms with Crippen LogP contribution in [0.2, 0.25) is 0 Å². The number of rotatable bonds is 0. The van der Waals surface area contributed by atoms with Crippen molar-refractivity contribution in [2.24, 2.45) is 0 Å². The molecule has 0 aromatic heterocycles. The van der Waals surface area contributed by atoms with E-state index < -0.39 is 0 Å². The quantitative estimate of drug-likeness (QED) is 0.527. The highest BCUT2D eigenvalue weighted by Crippen LogP contribution is 2.23. The molecule has 0 radical (unpaired) electrons. The van der Waals surface area contributed by atoms with Crippen LogP contribution in [0.15, 0.2) is 0 Å². The van der Waals surface area contributed by atoms with Crippen molar-refractivity contribution >= 4 is 22.8 Å². The van der Waals surface area contributed by atoms with E-state index in [2.05, 4.69) is 74.2 Å². The first kappa shape index (κ1) is 12.1. The van der Waals surface area contributed by atoms with Crippen molar-refractivity contribution in [3.05, 3.63) is 0 Å². The van der Waals surface area contributed by atoms with Gasteiger partial charge in [-0.25, -0.2) is 0 Å². The molecule has 0 aliphatic carbocycles. The Kier molecular flexibility index (Phi) is 2.39. The van der Waals surface area contributed by atoms with Crippen molar-refractivity contribution in [2.45, 2.75) is 33.6 Å². The molecule has 0 aromatic rings. The monoisotopic (exact) mass is 236 g/mol. The van der Waals surface area contributed by atoms with Crippen LogP contribution in [0.3, 0.4) is 0 Å². The van der Waals surface area contributed by atoms with Gasteiger partial charge < -0.3 is 0 Å². The summed E-state index contributed by atoms with van der Waals surface area (Å²) in [5, 5.41) is 0. The summed E-state index contributed by atoms with van der Waals surface area (Å²) in [6.45, 7) is 8.74. The molecule has 0 saturated carbocycles. The largest absolute Gasteiger partial charge is 0.748 e. The zero-order valence-electron chi connectivity index (χ0n) is 12.3. The Labute approximate surface area is 104 Å². The molecule has 4 heteroatoms. The Morgan fingerprint density at radius 3 is 0.882 bits per heavy atom. The second-order valence-electron chi connectivity index (χ2n) is 5.18. The molecule has 0 aromatic carbocycles. The van der Waals surface area contributed by atoms with Crippen molar-refractivity contribution in [2.75, 3.05) is 28.2 Å². The maximum Gasteiger partial charge on any atom is 0.748 e. The molecule has 0 bridgehead atoms. The zero-order chi connectivity index (χ0) is 13.1. The van der Waals surface area contributed by atoms with Gasteiger partial charge in [0.05, 0.1) is 0 Å². The Morgan fingerprint density at radius 2 is 0.706 bits per heavy atom. The lowest BCUT2D eigenvalue weighted by molar-refractivity contribution is -1.11. The van der Waals surface area contributed by atoms with Crippen molar-refractivity contribution in [1.29, 1.82) is 0 Å². The molecule has 0 fully saturated rings. The van der Waals surface area contributed by atoms with Gasteiger partial charge in [-0.15, -0.1) is 0 Å². The van der Waals surface area contributed by atoms with Crippen LogP contribution in [-0.4, -0.2) is 75.3 Å². The average Bonchev–Trinajstić information content (AvgIpc) is 2.58. The van der Waals surface area contributed by atoms with E-state index in [0.29, 0.717) is 0 Å². The van der Waals surface area contributed by atoms with Crippen LogP contribution >= 0.6 is 0 Å². The minimum absolute atomic E-state index is 0.206. The molecule has 2 aliphatic rings. The van der Waals surface area contributed by atoms with Gasteiger partial charge in [0.15, 0.2) is 28.2 Å². The summed E-state index contributed by atoms with van der Waals surface area (Å²) in [6.07, 6.45) is 0. The van der Waals surface area contributed by atoms with Gasteiger partial charge in [0, 0.05) is 27.7 Å². The summed E-state index contributed by atoms with van der Waals surface area (Å²) in [5.41, 5.74) is 5.31. The molecule has 17 heavy (non-hydrogen) atoms. The van der Waals surface area contributed by atoms with E-state index >= 15 is 0 Å². The van der Waals surface area contributed by atoms with Crippen LogP contribution in [0.1, 0.15) is 27.7 Å². The standard InChI is InChI=1S/C13H24N4/c1-9-10(2)15(6)13(14(9)5)16(7)11(3)12(4)17(13)8/h1-8H3/q+4. The molecule has 2 heterocycles. The lowest BCUT2D eigenvalue weighted by Gasteiger charge is -2.07. The van der Waals surface area contributed by atoms with Crippen molar-refractivity contribution < 1.29 is 18.3 Å². The van der Waals surface area contributed by atoms with Crippen molar-refractivity contribution in [1.82, 2.24) is 0 Å². The maximum absolute atomic E-state index is 2.35. The predicted molar refractivity (Wildman–Crippen MR) is 70.2 cm³/mol. The molecule has 0 amide bonds. The number of nitrogens with zero attached hydrogens (tertiary/aromatic N) is 4. The third-order valence-corrected chi connectivity index (χ3v) is 4.86. The van der Waals surface area contributed by atoms with Crippen LogP contribution in [0, 0.1) is 0 Å². The topological polar surface area (TPSA) is 12.0 Å². The Morgan fingerprint density at radius 1 is 0.529 bits per heavy atom. The second-order valence-corrected chi connectivity index (χ2v) is 5.18. The van der Waals surface area contributed by atoms with E-state index in [1.807, 2.05) is 0 Å². The first-order chi connectivity index (χ1) is 7.77. The third-order valence-electron chi connectivity index (χ3n) is 4.86. The van der Waals surface area contributed by atoms with Crippen LogP contribution < -0.4 is 0 Å². The van der Waals surface area contributed by atoms with Gasteiger partial charge in [-0.3, -0.25) is 0 Å². The first-order valence-electron chi connectivity index (χ1n) is 6.08. The van der Waals surface area contributed by atoms with E-state index in [-0.39, 0.29) is 5.91 Å². The molecule has 0 saturated heterocycles. The minimum Gasteiger partial charge on any atom is -0.0372 e. The second kappa shape index (κ2) is 3.34. The molecular formula is C13H24N4+4. The van der Waals surface area contributed by atoms with Gasteiger partial charge in [0.2, 0.25) is 0 Å². The molecule has 2 rings (SSSR count). The van der Waals surface area contributed by atoms with Crippen LogP contribution in [0.5, 0.6) is 0 Å². The molecule has 0 atom stereocenters. The fourth-order valence-electron chi connectivity index (χ4n) is 3.22. The summed E-state index contributed by atoms with van der Waals surface area (Å²) in [5.74, 6) is -0.206. The molecule has 0 N–H and O–H groups in total. The Bertz CT molecular complexity index is 442. The molecular weight excluding hydrogens is 212 g/mol. The first-order valence-corrected chi connectivity index (χ1v) is 6.08.